The summed E-state index contributed by atoms with van der Waals surface area (Å²) in [6, 6.07) is 21.5. The number of pyridine rings is 1. The van der Waals surface area contributed by atoms with Gasteiger partial charge in [-0.1, -0.05) is 77.7 Å². The third kappa shape index (κ3) is 4.96. The summed E-state index contributed by atoms with van der Waals surface area (Å²) >= 11 is 6.71. The van der Waals surface area contributed by atoms with Crippen LogP contribution in [0.2, 0.25) is 5.02 Å². The van der Waals surface area contributed by atoms with Gasteiger partial charge in [0.2, 0.25) is 0 Å². The molecular weight excluding hydrogens is 440 g/mol. The summed E-state index contributed by atoms with van der Waals surface area (Å²) in [5.41, 5.74) is 7.55. The van der Waals surface area contributed by atoms with Crippen molar-refractivity contribution >= 4 is 22.5 Å². The molecule has 3 nitrogen and oxygen atoms in total. The van der Waals surface area contributed by atoms with Crippen molar-refractivity contribution in [2.75, 3.05) is 13.2 Å². The van der Waals surface area contributed by atoms with E-state index in [9.17, 15) is 0 Å². The number of aromatic nitrogens is 1. The van der Waals surface area contributed by atoms with Crippen LogP contribution in [-0.4, -0.2) is 24.2 Å². The Hall–Kier alpha value is -2.88. The predicted molar refractivity (Wildman–Crippen MR) is 143 cm³/mol. The Labute approximate surface area is 207 Å². The zero-order valence-electron chi connectivity index (χ0n) is 19.9. The van der Waals surface area contributed by atoms with E-state index in [1.54, 1.807) is 0 Å². The minimum absolute atomic E-state index is 0.529. The molecule has 1 aliphatic rings. The van der Waals surface area contributed by atoms with Gasteiger partial charge in [-0.05, 0) is 62.9 Å². The van der Waals surface area contributed by atoms with Gasteiger partial charge in [0.25, 0.3) is 0 Å². The molecule has 1 atom stereocenters. The third-order valence-corrected chi connectivity index (χ3v) is 6.96. The Bertz CT molecular complexity index is 1280. The molecule has 1 N–H and O–H groups in total. The van der Waals surface area contributed by atoms with Crippen molar-refractivity contribution in [3.8, 4) is 28.0 Å². The SMILES string of the molecule is Cc1cc(C)cc(-c2cnc3cc(Cl)c(-c4ccccc4)cc3c2OCCC2CCCCN2)c1. The van der Waals surface area contributed by atoms with E-state index in [1.165, 1.54) is 30.4 Å². The van der Waals surface area contributed by atoms with Crippen molar-refractivity contribution < 1.29 is 4.74 Å². The van der Waals surface area contributed by atoms with Crippen molar-refractivity contribution in [1.82, 2.24) is 10.3 Å². The van der Waals surface area contributed by atoms with Crippen LogP contribution in [-0.2, 0) is 0 Å². The monoisotopic (exact) mass is 470 g/mol. The molecule has 0 bridgehead atoms. The van der Waals surface area contributed by atoms with Crippen molar-refractivity contribution in [1.29, 1.82) is 0 Å². The van der Waals surface area contributed by atoms with Crippen LogP contribution in [0.15, 0.2) is 66.9 Å². The topological polar surface area (TPSA) is 34.1 Å². The minimum Gasteiger partial charge on any atom is -0.492 e. The van der Waals surface area contributed by atoms with Gasteiger partial charge in [-0.2, -0.15) is 0 Å². The van der Waals surface area contributed by atoms with E-state index >= 15 is 0 Å². The van der Waals surface area contributed by atoms with Crippen LogP contribution in [0.25, 0.3) is 33.2 Å². The molecule has 4 aromatic rings. The number of aryl methyl sites for hydroxylation is 2. The average molecular weight is 471 g/mol. The number of rotatable bonds is 6. The number of hydrogen-bond donors (Lipinski definition) is 1. The maximum atomic E-state index is 6.71. The van der Waals surface area contributed by atoms with Crippen molar-refractivity contribution in [3.05, 3.63) is 83.0 Å². The number of nitrogens with zero attached hydrogens (tertiary/aromatic N) is 1. The second-order valence-electron chi connectivity index (χ2n) is 9.38. The molecule has 0 amide bonds. The number of halogens is 1. The largest absolute Gasteiger partial charge is 0.492 e. The molecule has 1 aliphatic heterocycles. The summed E-state index contributed by atoms with van der Waals surface area (Å²) in [7, 11) is 0. The van der Waals surface area contributed by atoms with Crippen molar-refractivity contribution in [2.24, 2.45) is 0 Å². The maximum Gasteiger partial charge on any atom is 0.138 e. The lowest BCUT2D eigenvalue weighted by Gasteiger charge is -2.24. The van der Waals surface area contributed by atoms with E-state index in [2.05, 4.69) is 55.6 Å². The number of piperidine rings is 1. The van der Waals surface area contributed by atoms with Crippen LogP contribution in [0.3, 0.4) is 0 Å². The van der Waals surface area contributed by atoms with Crippen LogP contribution in [0.5, 0.6) is 5.75 Å². The molecule has 5 rings (SSSR count). The lowest BCUT2D eigenvalue weighted by Crippen LogP contribution is -2.35. The summed E-state index contributed by atoms with van der Waals surface area (Å²) in [6.45, 7) is 6.04. The summed E-state index contributed by atoms with van der Waals surface area (Å²) in [5.74, 6) is 0.889. The molecule has 2 heterocycles. The van der Waals surface area contributed by atoms with Crippen LogP contribution in [0, 0.1) is 13.8 Å². The Morgan fingerprint density at radius 1 is 0.941 bits per heavy atom. The van der Waals surface area contributed by atoms with Gasteiger partial charge in [0.15, 0.2) is 0 Å². The highest BCUT2D eigenvalue weighted by atomic mass is 35.5. The Morgan fingerprint density at radius 2 is 1.74 bits per heavy atom. The third-order valence-electron chi connectivity index (χ3n) is 6.65. The highest BCUT2D eigenvalue weighted by Gasteiger charge is 2.18. The summed E-state index contributed by atoms with van der Waals surface area (Å²) in [5, 5.41) is 5.33. The van der Waals surface area contributed by atoms with E-state index in [1.807, 2.05) is 30.5 Å². The van der Waals surface area contributed by atoms with Gasteiger partial charge >= 0.3 is 0 Å². The first-order valence-electron chi connectivity index (χ1n) is 12.2. The number of nitrogens with one attached hydrogen (secondary N) is 1. The van der Waals surface area contributed by atoms with Gasteiger partial charge in [0.05, 0.1) is 17.1 Å². The Morgan fingerprint density at radius 3 is 2.47 bits per heavy atom. The fraction of sp³-hybridized carbons (Fsp3) is 0.300. The van der Waals surface area contributed by atoms with Gasteiger partial charge in [-0.15, -0.1) is 0 Å². The van der Waals surface area contributed by atoms with E-state index in [-0.39, 0.29) is 0 Å². The molecule has 0 radical (unpaired) electrons. The smallest absolute Gasteiger partial charge is 0.138 e. The van der Waals surface area contributed by atoms with Crippen LogP contribution in [0.4, 0.5) is 0 Å². The quantitative estimate of drug-likeness (QED) is 0.312. The van der Waals surface area contributed by atoms with Crippen molar-refractivity contribution in [3.63, 3.8) is 0 Å². The number of ether oxygens (including phenoxy) is 1. The number of hydrogen-bond acceptors (Lipinski definition) is 3. The second kappa shape index (κ2) is 10.2. The first kappa shape index (κ1) is 22.9. The normalized spacial score (nSPS) is 16.0. The molecule has 174 valence electrons. The molecule has 1 unspecified atom stereocenters. The van der Waals surface area contributed by atoms with Gasteiger partial charge in [-0.3, -0.25) is 4.98 Å². The Balaban J connectivity index is 1.60. The zero-order valence-corrected chi connectivity index (χ0v) is 20.7. The highest BCUT2D eigenvalue weighted by Crippen LogP contribution is 2.40. The highest BCUT2D eigenvalue weighted by molar-refractivity contribution is 6.34. The van der Waals surface area contributed by atoms with Gasteiger partial charge < -0.3 is 10.1 Å². The molecule has 0 saturated carbocycles. The predicted octanol–water partition coefficient (Wildman–Crippen LogP) is 7.75. The number of benzene rings is 3. The Kier molecular flexibility index (Phi) is 6.85. The standard InChI is InChI=1S/C30H31ClN2O/c1-20-14-21(2)16-23(15-20)27-19-33-29-18-28(31)25(22-8-4-3-5-9-22)17-26(29)30(27)34-13-11-24-10-6-7-12-32-24/h3-5,8-9,14-19,24,32H,6-7,10-13H2,1-2H3. The van der Waals surface area contributed by atoms with E-state index in [0.717, 1.165) is 51.9 Å². The van der Waals surface area contributed by atoms with E-state index in [4.69, 9.17) is 21.3 Å². The molecule has 4 heteroatoms. The molecule has 3 aromatic carbocycles. The van der Waals surface area contributed by atoms with E-state index < -0.39 is 0 Å². The summed E-state index contributed by atoms with van der Waals surface area (Å²) in [4.78, 5) is 4.79. The average Bonchev–Trinajstić information content (AvgIpc) is 2.84. The van der Waals surface area contributed by atoms with Gasteiger partial charge in [0, 0.05) is 28.8 Å². The maximum absolute atomic E-state index is 6.71. The van der Waals surface area contributed by atoms with Gasteiger partial charge in [-0.25, -0.2) is 0 Å². The lowest BCUT2D eigenvalue weighted by atomic mass is 9.97. The van der Waals surface area contributed by atoms with Crippen molar-refractivity contribution in [2.45, 2.75) is 45.6 Å². The van der Waals surface area contributed by atoms with Crippen LogP contribution < -0.4 is 10.1 Å². The lowest BCUT2D eigenvalue weighted by molar-refractivity contribution is 0.271. The minimum atomic E-state index is 0.529. The molecule has 0 aliphatic carbocycles. The first-order valence-corrected chi connectivity index (χ1v) is 12.6. The molecule has 34 heavy (non-hydrogen) atoms. The first-order chi connectivity index (χ1) is 16.6. The summed E-state index contributed by atoms with van der Waals surface area (Å²) < 4.78 is 6.59. The molecule has 1 saturated heterocycles. The fourth-order valence-corrected chi connectivity index (χ4v) is 5.26. The fourth-order valence-electron chi connectivity index (χ4n) is 4.99. The van der Waals surface area contributed by atoms with Gasteiger partial charge in [0.1, 0.15) is 5.75 Å². The van der Waals surface area contributed by atoms with Crippen LogP contribution >= 0.6 is 11.6 Å². The molecule has 0 spiro atoms. The van der Waals surface area contributed by atoms with Crippen LogP contribution in [0.1, 0.15) is 36.8 Å². The summed E-state index contributed by atoms with van der Waals surface area (Å²) in [6.07, 6.45) is 6.71. The molecule has 1 aromatic heterocycles. The zero-order chi connectivity index (χ0) is 23.5. The molecule has 1 fully saturated rings. The number of fused-ring (bicyclic) bond motifs is 1. The molecular formula is C30H31ClN2O. The second-order valence-corrected chi connectivity index (χ2v) is 9.78. The van der Waals surface area contributed by atoms with E-state index in [0.29, 0.717) is 17.7 Å².